The van der Waals surface area contributed by atoms with Crippen LogP contribution in [0, 0.1) is 0 Å². The molecule has 3 rings (SSSR count). The molecule has 0 bridgehead atoms. The Balaban J connectivity index is 1.51. The van der Waals surface area contributed by atoms with E-state index >= 15 is 0 Å². The molecule has 2 fully saturated rings. The minimum Gasteiger partial charge on any atom is -0.497 e. The number of amides is 1. The van der Waals surface area contributed by atoms with Crippen molar-refractivity contribution in [3.8, 4) is 5.75 Å². The Bertz CT molecular complexity index is 506. The van der Waals surface area contributed by atoms with Crippen LogP contribution in [0.2, 0.25) is 0 Å². The van der Waals surface area contributed by atoms with E-state index in [2.05, 4.69) is 10.2 Å². The van der Waals surface area contributed by atoms with Gasteiger partial charge in [0, 0.05) is 24.7 Å². The van der Waals surface area contributed by atoms with Gasteiger partial charge in [-0.25, -0.2) is 0 Å². The highest BCUT2D eigenvalue weighted by atomic mass is 16.5. The Kier molecular flexibility index (Phi) is 4.41. The molecule has 114 valence electrons. The Morgan fingerprint density at radius 3 is 3.29 bits per heavy atom. The maximum Gasteiger partial charge on any atom is 0.251 e. The van der Waals surface area contributed by atoms with Gasteiger partial charge in [-0.05, 0) is 37.6 Å². The summed E-state index contributed by atoms with van der Waals surface area (Å²) in [6, 6.07) is 7.77. The number of nitrogens with zero attached hydrogens (tertiary/aromatic N) is 1. The van der Waals surface area contributed by atoms with Crippen LogP contribution in [0.25, 0.3) is 0 Å². The summed E-state index contributed by atoms with van der Waals surface area (Å²) in [6.45, 7) is 3.43. The van der Waals surface area contributed by atoms with E-state index in [4.69, 9.17) is 9.47 Å². The van der Waals surface area contributed by atoms with E-state index in [9.17, 15) is 4.79 Å². The fraction of sp³-hybridized carbons (Fsp3) is 0.562. The lowest BCUT2D eigenvalue weighted by atomic mass is 10.1. The van der Waals surface area contributed by atoms with Crippen LogP contribution in [-0.2, 0) is 4.74 Å². The molecule has 0 saturated carbocycles. The summed E-state index contributed by atoms with van der Waals surface area (Å²) in [5.74, 6) is 0.609. The van der Waals surface area contributed by atoms with Crippen molar-refractivity contribution in [3.63, 3.8) is 0 Å². The molecule has 5 nitrogen and oxygen atoms in total. The van der Waals surface area contributed by atoms with Crippen LogP contribution in [0.4, 0.5) is 0 Å². The molecule has 1 aromatic carbocycles. The predicted octanol–water partition coefficient (Wildman–Crippen LogP) is 1.29. The van der Waals surface area contributed by atoms with Crippen LogP contribution < -0.4 is 10.1 Å². The number of hydrogen-bond acceptors (Lipinski definition) is 4. The van der Waals surface area contributed by atoms with Gasteiger partial charge in [0.05, 0.1) is 19.8 Å². The molecule has 0 spiro atoms. The maximum absolute atomic E-state index is 12.1. The van der Waals surface area contributed by atoms with Gasteiger partial charge < -0.3 is 14.8 Å². The van der Waals surface area contributed by atoms with Gasteiger partial charge in [-0.2, -0.15) is 0 Å². The number of carbonyl (C=O) groups is 1. The van der Waals surface area contributed by atoms with Crippen molar-refractivity contribution in [1.29, 1.82) is 0 Å². The molecule has 5 heteroatoms. The molecule has 1 amide bonds. The van der Waals surface area contributed by atoms with Gasteiger partial charge in [0.25, 0.3) is 5.91 Å². The van der Waals surface area contributed by atoms with E-state index in [0.29, 0.717) is 23.9 Å². The first-order valence-corrected chi connectivity index (χ1v) is 7.54. The van der Waals surface area contributed by atoms with Gasteiger partial charge in [0.15, 0.2) is 0 Å². The van der Waals surface area contributed by atoms with Crippen molar-refractivity contribution >= 4 is 5.91 Å². The number of benzene rings is 1. The second-order valence-electron chi connectivity index (χ2n) is 5.69. The third-order valence-electron chi connectivity index (χ3n) is 4.28. The van der Waals surface area contributed by atoms with E-state index in [1.54, 1.807) is 19.2 Å². The van der Waals surface area contributed by atoms with Gasteiger partial charge in [0.1, 0.15) is 5.75 Å². The second-order valence-corrected chi connectivity index (χ2v) is 5.69. The molecule has 2 aliphatic heterocycles. The van der Waals surface area contributed by atoms with Crippen molar-refractivity contribution in [2.75, 3.05) is 33.4 Å². The van der Waals surface area contributed by atoms with Gasteiger partial charge >= 0.3 is 0 Å². The molecule has 2 atom stereocenters. The van der Waals surface area contributed by atoms with Crippen molar-refractivity contribution in [2.24, 2.45) is 0 Å². The molecule has 2 saturated heterocycles. The zero-order chi connectivity index (χ0) is 14.7. The lowest BCUT2D eigenvalue weighted by Gasteiger charge is -2.35. The number of hydrogen-bond donors (Lipinski definition) is 1. The van der Waals surface area contributed by atoms with Gasteiger partial charge in [0.2, 0.25) is 0 Å². The first-order chi connectivity index (χ1) is 10.3. The second kappa shape index (κ2) is 6.45. The highest BCUT2D eigenvalue weighted by molar-refractivity contribution is 5.94. The molecule has 1 N–H and O–H groups in total. The number of ether oxygens (including phenoxy) is 2. The molecule has 0 aliphatic carbocycles. The summed E-state index contributed by atoms with van der Waals surface area (Å²) in [4.78, 5) is 14.6. The fourth-order valence-corrected chi connectivity index (χ4v) is 3.08. The minimum atomic E-state index is -0.0824. The SMILES string of the molecule is COc1cccc(C(=O)NC[C@H]2CN3CCC[C@H]3CO2)c1. The van der Waals surface area contributed by atoms with E-state index in [1.165, 1.54) is 12.8 Å². The van der Waals surface area contributed by atoms with Crippen LogP contribution in [0.5, 0.6) is 5.75 Å². The number of morpholine rings is 1. The van der Waals surface area contributed by atoms with Crippen LogP contribution in [-0.4, -0.2) is 56.3 Å². The largest absolute Gasteiger partial charge is 0.497 e. The number of carbonyl (C=O) groups excluding carboxylic acids is 1. The van der Waals surface area contributed by atoms with E-state index in [0.717, 1.165) is 19.7 Å². The molecular formula is C16H22N2O3. The topological polar surface area (TPSA) is 50.8 Å². The summed E-state index contributed by atoms with van der Waals surface area (Å²) >= 11 is 0. The molecule has 0 radical (unpaired) electrons. The third-order valence-corrected chi connectivity index (χ3v) is 4.28. The zero-order valence-electron chi connectivity index (χ0n) is 12.4. The van der Waals surface area contributed by atoms with Gasteiger partial charge in [-0.3, -0.25) is 9.69 Å². The summed E-state index contributed by atoms with van der Waals surface area (Å²) in [5.41, 5.74) is 0.615. The summed E-state index contributed by atoms with van der Waals surface area (Å²) in [7, 11) is 1.60. The quantitative estimate of drug-likeness (QED) is 0.908. The predicted molar refractivity (Wildman–Crippen MR) is 79.7 cm³/mol. The summed E-state index contributed by atoms with van der Waals surface area (Å²) < 4.78 is 11.0. The average Bonchev–Trinajstić information content (AvgIpc) is 3.00. The molecule has 2 heterocycles. The molecule has 0 aromatic heterocycles. The highest BCUT2D eigenvalue weighted by Crippen LogP contribution is 2.22. The van der Waals surface area contributed by atoms with Gasteiger partial charge in [-0.15, -0.1) is 0 Å². The molecule has 2 aliphatic rings. The number of rotatable bonds is 4. The third kappa shape index (κ3) is 3.36. The molecule has 21 heavy (non-hydrogen) atoms. The lowest BCUT2D eigenvalue weighted by molar-refractivity contribution is -0.0461. The van der Waals surface area contributed by atoms with Gasteiger partial charge in [-0.1, -0.05) is 6.07 Å². The minimum absolute atomic E-state index is 0.0824. The zero-order valence-corrected chi connectivity index (χ0v) is 12.4. The van der Waals surface area contributed by atoms with Crippen LogP contribution in [0.1, 0.15) is 23.2 Å². The average molecular weight is 290 g/mol. The number of methoxy groups -OCH3 is 1. The molecular weight excluding hydrogens is 268 g/mol. The monoisotopic (exact) mass is 290 g/mol. The molecule has 1 aromatic rings. The van der Waals surface area contributed by atoms with Crippen LogP contribution in [0.15, 0.2) is 24.3 Å². The normalized spacial score (nSPS) is 25.4. The summed E-state index contributed by atoms with van der Waals surface area (Å²) in [5, 5.41) is 2.95. The van der Waals surface area contributed by atoms with Crippen LogP contribution in [0.3, 0.4) is 0 Å². The Morgan fingerprint density at radius 1 is 1.52 bits per heavy atom. The summed E-state index contributed by atoms with van der Waals surface area (Å²) in [6.07, 6.45) is 2.59. The number of fused-ring (bicyclic) bond motifs is 1. The molecule has 0 unspecified atom stereocenters. The van der Waals surface area contributed by atoms with Crippen molar-refractivity contribution in [1.82, 2.24) is 10.2 Å². The fourth-order valence-electron chi connectivity index (χ4n) is 3.08. The Labute approximate surface area is 125 Å². The first-order valence-electron chi connectivity index (χ1n) is 7.54. The first kappa shape index (κ1) is 14.4. The van der Waals surface area contributed by atoms with E-state index in [1.807, 2.05) is 12.1 Å². The Hall–Kier alpha value is -1.59. The van der Waals surface area contributed by atoms with Crippen molar-refractivity contribution in [2.45, 2.75) is 25.0 Å². The highest BCUT2D eigenvalue weighted by Gasteiger charge is 2.32. The maximum atomic E-state index is 12.1. The van der Waals surface area contributed by atoms with E-state index in [-0.39, 0.29) is 12.0 Å². The van der Waals surface area contributed by atoms with E-state index < -0.39 is 0 Å². The lowest BCUT2D eigenvalue weighted by Crippen LogP contribution is -2.50. The van der Waals surface area contributed by atoms with Crippen molar-refractivity contribution < 1.29 is 14.3 Å². The van der Waals surface area contributed by atoms with Crippen molar-refractivity contribution in [3.05, 3.63) is 29.8 Å². The standard InChI is InChI=1S/C16H22N2O3/c1-20-14-6-2-4-12(8-14)16(19)17-9-15-10-18-7-3-5-13(18)11-21-15/h2,4,6,8,13,15H,3,5,7,9-11H2,1H3,(H,17,19)/t13-,15-/m0/s1. The number of nitrogens with one attached hydrogen (secondary N) is 1. The Morgan fingerprint density at radius 2 is 2.43 bits per heavy atom. The smallest absolute Gasteiger partial charge is 0.251 e. The van der Waals surface area contributed by atoms with Crippen LogP contribution >= 0.6 is 0 Å².